The van der Waals surface area contributed by atoms with Crippen LogP contribution in [0.2, 0.25) is 5.02 Å². The molecule has 1 atom stereocenters. The Hall–Kier alpha value is -2.25. The first-order valence-corrected chi connectivity index (χ1v) is 11.3. The van der Waals surface area contributed by atoms with Gasteiger partial charge in [-0.15, -0.1) is 0 Å². The maximum Gasteiger partial charge on any atom is 0.261 e. The van der Waals surface area contributed by atoms with E-state index in [4.69, 9.17) is 21.1 Å². The zero-order valence-electron chi connectivity index (χ0n) is 18.0. The zero-order valence-corrected chi connectivity index (χ0v) is 20.3. The normalized spacial score (nSPS) is 11.5. The first kappa shape index (κ1) is 25.0. The van der Waals surface area contributed by atoms with Gasteiger partial charge in [0.1, 0.15) is 17.5 Å². The van der Waals surface area contributed by atoms with Crippen molar-refractivity contribution in [2.24, 2.45) is 0 Å². The highest BCUT2D eigenvalue weighted by molar-refractivity contribution is 9.10. The molecule has 0 spiro atoms. The summed E-state index contributed by atoms with van der Waals surface area (Å²) in [5.41, 5.74) is 0.879. The van der Waals surface area contributed by atoms with Crippen molar-refractivity contribution in [2.75, 3.05) is 20.3 Å². The molecular weight excluding hydrogens is 484 g/mol. The fraction of sp³-hybridized carbons (Fsp3) is 0.391. The van der Waals surface area contributed by atoms with E-state index < -0.39 is 6.04 Å². The number of nitrogens with one attached hydrogen (secondary N) is 1. The molecule has 0 unspecified atom stereocenters. The number of amides is 2. The van der Waals surface area contributed by atoms with Crippen LogP contribution >= 0.6 is 27.5 Å². The first-order chi connectivity index (χ1) is 14.8. The van der Waals surface area contributed by atoms with Gasteiger partial charge in [-0.25, -0.2) is 0 Å². The highest BCUT2D eigenvalue weighted by atomic mass is 79.9. The van der Waals surface area contributed by atoms with Crippen molar-refractivity contribution in [3.63, 3.8) is 0 Å². The van der Waals surface area contributed by atoms with Crippen LogP contribution in [0.4, 0.5) is 0 Å². The summed E-state index contributed by atoms with van der Waals surface area (Å²) in [6.45, 7) is 4.39. The predicted molar refractivity (Wildman–Crippen MR) is 126 cm³/mol. The summed E-state index contributed by atoms with van der Waals surface area (Å²) in [5.74, 6) is 0.618. The van der Waals surface area contributed by atoms with Gasteiger partial charge in [-0.05, 0) is 49.2 Å². The molecule has 0 radical (unpaired) electrons. The molecule has 0 saturated heterocycles. The molecule has 0 fully saturated rings. The van der Waals surface area contributed by atoms with E-state index >= 15 is 0 Å². The van der Waals surface area contributed by atoms with Crippen molar-refractivity contribution < 1.29 is 19.1 Å². The summed E-state index contributed by atoms with van der Waals surface area (Å²) in [6.07, 6.45) is 1.86. The molecule has 0 bridgehead atoms. The van der Waals surface area contributed by atoms with Gasteiger partial charge in [-0.3, -0.25) is 9.59 Å². The van der Waals surface area contributed by atoms with Crippen molar-refractivity contribution in [1.82, 2.24) is 10.2 Å². The lowest BCUT2D eigenvalue weighted by Crippen LogP contribution is -2.49. The summed E-state index contributed by atoms with van der Waals surface area (Å²) in [5, 5.41) is 3.29. The highest BCUT2D eigenvalue weighted by Gasteiger charge is 2.26. The van der Waals surface area contributed by atoms with Crippen LogP contribution in [0.5, 0.6) is 11.5 Å². The second kappa shape index (κ2) is 12.6. The quantitative estimate of drug-likeness (QED) is 0.439. The summed E-state index contributed by atoms with van der Waals surface area (Å²) in [4.78, 5) is 27.2. The smallest absolute Gasteiger partial charge is 0.261 e. The molecular formula is C23H28BrClN2O4. The third-order valence-electron chi connectivity index (χ3n) is 4.75. The Kier molecular flexibility index (Phi) is 10.1. The Morgan fingerprint density at radius 2 is 1.90 bits per heavy atom. The molecule has 8 heteroatoms. The van der Waals surface area contributed by atoms with Crippen LogP contribution in [0.3, 0.4) is 0 Å². The van der Waals surface area contributed by atoms with Crippen molar-refractivity contribution in [3.8, 4) is 11.5 Å². The van der Waals surface area contributed by atoms with Crippen LogP contribution in [0.15, 0.2) is 46.9 Å². The average Bonchev–Trinajstić information content (AvgIpc) is 2.76. The first-order valence-electron chi connectivity index (χ1n) is 10.1. The monoisotopic (exact) mass is 510 g/mol. The minimum absolute atomic E-state index is 0.197. The van der Waals surface area contributed by atoms with Gasteiger partial charge in [0.05, 0.1) is 12.1 Å². The molecule has 1 N–H and O–H groups in total. The lowest BCUT2D eigenvalue weighted by molar-refractivity contribution is -0.142. The third kappa shape index (κ3) is 7.74. The minimum atomic E-state index is -0.657. The second-order valence-electron chi connectivity index (χ2n) is 7.05. The lowest BCUT2D eigenvalue weighted by Gasteiger charge is -2.29. The Bertz CT molecular complexity index is 876. The number of rotatable bonds is 11. The number of hydrogen-bond donors (Lipinski definition) is 1. The molecule has 0 heterocycles. The third-order valence-corrected chi connectivity index (χ3v) is 5.54. The number of hydrogen-bond acceptors (Lipinski definition) is 4. The Balaban J connectivity index is 2.13. The largest absolute Gasteiger partial charge is 0.497 e. The van der Waals surface area contributed by atoms with E-state index in [2.05, 4.69) is 28.2 Å². The van der Waals surface area contributed by atoms with Crippen LogP contribution in [0.25, 0.3) is 0 Å². The average molecular weight is 512 g/mol. The van der Waals surface area contributed by atoms with Crippen molar-refractivity contribution in [1.29, 1.82) is 0 Å². The molecule has 2 amide bonds. The van der Waals surface area contributed by atoms with E-state index in [-0.39, 0.29) is 25.0 Å². The zero-order chi connectivity index (χ0) is 22.8. The van der Waals surface area contributed by atoms with Gasteiger partial charge in [0, 0.05) is 17.6 Å². The van der Waals surface area contributed by atoms with E-state index in [0.29, 0.717) is 17.3 Å². The Morgan fingerprint density at radius 1 is 1.19 bits per heavy atom. The van der Waals surface area contributed by atoms with Crippen LogP contribution in [-0.4, -0.2) is 43.0 Å². The molecule has 168 valence electrons. The van der Waals surface area contributed by atoms with E-state index in [1.807, 2.05) is 24.3 Å². The highest BCUT2D eigenvalue weighted by Crippen LogP contribution is 2.27. The van der Waals surface area contributed by atoms with Crippen LogP contribution in [-0.2, 0) is 16.1 Å². The number of ether oxygens (including phenoxy) is 2. The molecule has 0 aliphatic rings. The fourth-order valence-electron chi connectivity index (χ4n) is 2.86. The maximum atomic E-state index is 13.0. The predicted octanol–water partition coefficient (Wildman–Crippen LogP) is 4.82. The van der Waals surface area contributed by atoms with Gasteiger partial charge >= 0.3 is 0 Å². The van der Waals surface area contributed by atoms with Crippen LogP contribution in [0.1, 0.15) is 32.3 Å². The number of methoxy groups -OCH3 is 1. The van der Waals surface area contributed by atoms with E-state index in [0.717, 1.165) is 28.6 Å². The van der Waals surface area contributed by atoms with Gasteiger partial charge in [-0.2, -0.15) is 0 Å². The van der Waals surface area contributed by atoms with Crippen molar-refractivity contribution >= 4 is 39.3 Å². The topological polar surface area (TPSA) is 67.9 Å². The second-order valence-corrected chi connectivity index (χ2v) is 8.38. The molecule has 2 rings (SSSR count). The molecule has 0 saturated carbocycles. The molecule has 2 aromatic rings. The Labute approximate surface area is 197 Å². The molecule has 0 aliphatic heterocycles. The van der Waals surface area contributed by atoms with Crippen molar-refractivity contribution in [2.45, 2.75) is 39.3 Å². The number of carbonyl (C=O) groups is 2. The molecule has 2 aromatic carbocycles. The lowest BCUT2D eigenvalue weighted by atomic mass is 10.1. The molecule has 0 aromatic heterocycles. The standard InChI is InChI=1S/C23H28BrClN2O4/c1-4-5-12-26-23(29)16(2)27(14-17-6-9-19(30-3)10-7-17)22(28)15-31-21-11-8-18(24)13-20(21)25/h6-11,13,16H,4-5,12,14-15H2,1-3H3,(H,26,29)/t16-/m0/s1. The van der Waals surface area contributed by atoms with Gasteiger partial charge in [-0.1, -0.05) is 53.0 Å². The molecule has 31 heavy (non-hydrogen) atoms. The summed E-state index contributed by atoms with van der Waals surface area (Å²) in [6, 6.07) is 11.9. The number of halogens is 2. The summed E-state index contributed by atoms with van der Waals surface area (Å²) >= 11 is 9.52. The van der Waals surface area contributed by atoms with Crippen LogP contribution < -0.4 is 14.8 Å². The SMILES string of the molecule is CCCCNC(=O)[C@H](C)N(Cc1ccc(OC)cc1)C(=O)COc1ccc(Br)cc1Cl. The fourth-order valence-corrected chi connectivity index (χ4v) is 3.59. The number of unbranched alkanes of at least 4 members (excludes halogenated alkanes) is 1. The van der Waals surface area contributed by atoms with E-state index in [9.17, 15) is 9.59 Å². The van der Waals surface area contributed by atoms with Gasteiger partial charge in [0.2, 0.25) is 5.91 Å². The van der Waals surface area contributed by atoms with E-state index in [1.54, 1.807) is 32.2 Å². The maximum absolute atomic E-state index is 13.0. The number of benzene rings is 2. The van der Waals surface area contributed by atoms with Gasteiger partial charge < -0.3 is 19.7 Å². The van der Waals surface area contributed by atoms with Crippen molar-refractivity contribution in [3.05, 3.63) is 57.5 Å². The van der Waals surface area contributed by atoms with Gasteiger partial charge in [0.15, 0.2) is 6.61 Å². The minimum Gasteiger partial charge on any atom is -0.497 e. The number of carbonyl (C=O) groups excluding carboxylic acids is 2. The summed E-state index contributed by atoms with van der Waals surface area (Å²) < 4.78 is 11.6. The van der Waals surface area contributed by atoms with E-state index in [1.165, 1.54) is 4.90 Å². The molecule has 6 nitrogen and oxygen atoms in total. The molecule has 0 aliphatic carbocycles. The van der Waals surface area contributed by atoms with Crippen LogP contribution in [0, 0.1) is 0 Å². The summed E-state index contributed by atoms with van der Waals surface area (Å²) in [7, 11) is 1.60. The van der Waals surface area contributed by atoms with Gasteiger partial charge in [0.25, 0.3) is 5.91 Å². The number of nitrogens with zero attached hydrogens (tertiary/aromatic N) is 1. The Morgan fingerprint density at radius 3 is 2.52 bits per heavy atom.